The van der Waals surface area contributed by atoms with Crippen molar-refractivity contribution in [2.75, 3.05) is 5.33 Å². The molecule has 0 N–H and O–H groups in total. The molecule has 0 atom stereocenters. The highest BCUT2D eigenvalue weighted by molar-refractivity contribution is 14.1. The number of benzene rings is 1. The van der Waals surface area contributed by atoms with Gasteiger partial charge in [-0.25, -0.2) is 0 Å². The molecule has 0 fully saturated rings. The summed E-state index contributed by atoms with van der Waals surface area (Å²) in [7, 11) is 0. The first kappa shape index (κ1) is 12.6. The largest absolute Gasteiger partial charge is 0.294 e. The van der Waals surface area contributed by atoms with E-state index in [1.165, 1.54) is 0 Å². The molecule has 0 heterocycles. The van der Waals surface area contributed by atoms with Crippen LogP contribution in [0.5, 0.6) is 0 Å². The molecule has 1 nitrogen and oxygen atoms in total. The number of hydrogen-bond acceptors (Lipinski definition) is 1. The molecule has 0 spiro atoms. The maximum atomic E-state index is 11.7. The normalized spacial score (nSPS) is 10.2. The first-order valence-electron chi connectivity index (χ1n) is 4.12. The number of hydrogen-bond donors (Lipinski definition) is 0. The van der Waals surface area contributed by atoms with Gasteiger partial charge >= 0.3 is 0 Å². The lowest BCUT2D eigenvalue weighted by Gasteiger charge is -2.05. The first-order valence-corrected chi connectivity index (χ1v) is 7.44. The van der Waals surface area contributed by atoms with Crippen LogP contribution in [0.1, 0.15) is 22.3 Å². The predicted octanol–water partition coefficient (Wildman–Crippen LogP) is 4.15. The van der Waals surface area contributed by atoms with E-state index >= 15 is 0 Å². The Labute approximate surface area is 114 Å². The maximum absolute atomic E-state index is 11.7. The lowest BCUT2D eigenvalue weighted by atomic mass is 10.0. The van der Waals surface area contributed by atoms with E-state index in [1.54, 1.807) is 0 Å². The van der Waals surface area contributed by atoms with Crippen LogP contribution in [-0.2, 0) is 5.33 Å². The standard InChI is InChI=1S/C10H9Br2IO/c11-4-3-10(14)9-2-1-8(13)5-7(9)6-12/h1-2,5H,3-4,6H2. The molecule has 0 saturated carbocycles. The van der Waals surface area contributed by atoms with Gasteiger partial charge in [0.1, 0.15) is 0 Å². The molecule has 4 heteroatoms. The minimum absolute atomic E-state index is 0.202. The Bertz CT molecular complexity index is 339. The third-order valence-electron chi connectivity index (χ3n) is 1.83. The van der Waals surface area contributed by atoms with E-state index in [2.05, 4.69) is 54.5 Å². The van der Waals surface area contributed by atoms with Gasteiger partial charge in [0.05, 0.1) is 0 Å². The summed E-state index contributed by atoms with van der Waals surface area (Å²) in [6, 6.07) is 5.91. The molecule has 0 aliphatic rings. The third kappa shape index (κ3) is 3.31. The van der Waals surface area contributed by atoms with Crippen LogP contribution in [0.15, 0.2) is 18.2 Å². The fraction of sp³-hybridized carbons (Fsp3) is 0.300. The van der Waals surface area contributed by atoms with E-state index in [-0.39, 0.29) is 5.78 Å². The molecule has 1 aromatic rings. The predicted molar refractivity (Wildman–Crippen MR) is 74.5 cm³/mol. The summed E-state index contributed by atoms with van der Waals surface area (Å²) < 4.78 is 1.16. The molecular formula is C10H9Br2IO. The van der Waals surface area contributed by atoms with Crippen molar-refractivity contribution in [1.82, 2.24) is 0 Å². The van der Waals surface area contributed by atoms with Gasteiger partial charge in [-0.1, -0.05) is 37.9 Å². The molecule has 0 unspecified atom stereocenters. The smallest absolute Gasteiger partial charge is 0.164 e. The van der Waals surface area contributed by atoms with Crippen LogP contribution in [-0.4, -0.2) is 11.1 Å². The monoisotopic (exact) mass is 430 g/mol. The quantitative estimate of drug-likeness (QED) is 0.397. The van der Waals surface area contributed by atoms with Gasteiger partial charge in [-0.3, -0.25) is 4.79 Å². The molecule has 0 radical (unpaired) electrons. The minimum atomic E-state index is 0.202. The fourth-order valence-corrected chi connectivity index (χ4v) is 2.55. The summed E-state index contributed by atoms with van der Waals surface area (Å²) in [4.78, 5) is 11.7. The number of carbonyl (C=O) groups is 1. The van der Waals surface area contributed by atoms with E-state index < -0.39 is 0 Å². The summed E-state index contributed by atoms with van der Waals surface area (Å²) in [6.45, 7) is 0. The first-order chi connectivity index (χ1) is 6.69. The zero-order chi connectivity index (χ0) is 10.6. The number of halogens is 3. The van der Waals surface area contributed by atoms with Crippen LogP contribution >= 0.6 is 54.5 Å². The molecule has 0 bridgehead atoms. The van der Waals surface area contributed by atoms with Gasteiger partial charge in [0.2, 0.25) is 0 Å². The molecule has 0 amide bonds. The molecule has 14 heavy (non-hydrogen) atoms. The highest BCUT2D eigenvalue weighted by Crippen LogP contribution is 2.18. The summed E-state index contributed by atoms with van der Waals surface area (Å²) >= 11 is 8.92. The Kier molecular flexibility index (Phi) is 5.62. The number of rotatable bonds is 4. The van der Waals surface area contributed by atoms with Gasteiger partial charge in [0, 0.05) is 26.2 Å². The van der Waals surface area contributed by atoms with Gasteiger partial charge in [-0.15, -0.1) is 0 Å². The average Bonchev–Trinajstić information content (AvgIpc) is 2.17. The maximum Gasteiger partial charge on any atom is 0.164 e. The van der Waals surface area contributed by atoms with Crippen molar-refractivity contribution in [3.05, 3.63) is 32.9 Å². The van der Waals surface area contributed by atoms with E-state index in [0.717, 1.165) is 25.4 Å². The van der Waals surface area contributed by atoms with Gasteiger partial charge in [0.25, 0.3) is 0 Å². The van der Waals surface area contributed by atoms with Crippen LogP contribution < -0.4 is 0 Å². The highest BCUT2D eigenvalue weighted by Gasteiger charge is 2.09. The summed E-state index contributed by atoms with van der Waals surface area (Å²) in [5.74, 6) is 0.202. The zero-order valence-electron chi connectivity index (χ0n) is 7.40. The molecule has 76 valence electrons. The Morgan fingerprint density at radius 1 is 1.36 bits per heavy atom. The number of Topliss-reactive ketones (excluding diaryl/α,β-unsaturated/α-hetero) is 1. The number of carbonyl (C=O) groups excluding carboxylic acids is 1. The third-order valence-corrected chi connectivity index (χ3v) is 3.50. The second-order valence-electron chi connectivity index (χ2n) is 2.80. The topological polar surface area (TPSA) is 17.1 Å². The van der Waals surface area contributed by atoms with Crippen molar-refractivity contribution in [2.45, 2.75) is 11.8 Å². The molecule has 0 aliphatic heterocycles. The van der Waals surface area contributed by atoms with Crippen molar-refractivity contribution in [3.63, 3.8) is 0 Å². The van der Waals surface area contributed by atoms with E-state index in [4.69, 9.17) is 0 Å². The van der Waals surface area contributed by atoms with E-state index in [1.807, 2.05) is 18.2 Å². The van der Waals surface area contributed by atoms with Crippen molar-refractivity contribution >= 4 is 60.2 Å². The second-order valence-corrected chi connectivity index (χ2v) is 5.40. The van der Waals surface area contributed by atoms with E-state index in [9.17, 15) is 4.79 Å². The van der Waals surface area contributed by atoms with Gasteiger partial charge in [-0.05, 0) is 40.3 Å². The molecule has 1 aromatic carbocycles. The minimum Gasteiger partial charge on any atom is -0.294 e. The molecule has 0 aromatic heterocycles. The van der Waals surface area contributed by atoms with Gasteiger partial charge in [0.15, 0.2) is 5.78 Å². The van der Waals surface area contributed by atoms with Crippen molar-refractivity contribution < 1.29 is 4.79 Å². The van der Waals surface area contributed by atoms with Gasteiger partial charge in [-0.2, -0.15) is 0 Å². The van der Waals surface area contributed by atoms with Crippen LogP contribution in [0.25, 0.3) is 0 Å². The lowest BCUT2D eigenvalue weighted by molar-refractivity contribution is 0.0989. The Morgan fingerprint density at radius 2 is 2.07 bits per heavy atom. The fourth-order valence-electron chi connectivity index (χ4n) is 1.17. The Hall–Kier alpha value is 0.580. The summed E-state index contributed by atoms with van der Waals surface area (Å²) in [6.07, 6.45) is 0.556. The van der Waals surface area contributed by atoms with Gasteiger partial charge < -0.3 is 0 Å². The Morgan fingerprint density at radius 3 is 2.64 bits per heavy atom. The number of ketones is 1. The van der Waals surface area contributed by atoms with E-state index in [0.29, 0.717) is 6.42 Å². The molecular weight excluding hydrogens is 423 g/mol. The van der Waals surface area contributed by atoms with Crippen LogP contribution in [0.3, 0.4) is 0 Å². The summed E-state index contributed by atoms with van der Waals surface area (Å²) in [5.41, 5.74) is 1.91. The van der Waals surface area contributed by atoms with Crippen LogP contribution in [0.4, 0.5) is 0 Å². The SMILES string of the molecule is O=C(CCBr)c1ccc(I)cc1CBr. The number of alkyl halides is 2. The van der Waals surface area contributed by atoms with Crippen LogP contribution in [0.2, 0.25) is 0 Å². The molecule has 1 rings (SSSR count). The molecule has 0 aliphatic carbocycles. The van der Waals surface area contributed by atoms with Crippen molar-refractivity contribution in [1.29, 1.82) is 0 Å². The lowest BCUT2D eigenvalue weighted by Crippen LogP contribution is -2.03. The van der Waals surface area contributed by atoms with Crippen molar-refractivity contribution in [3.8, 4) is 0 Å². The molecule has 0 saturated heterocycles. The highest BCUT2D eigenvalue weighted by atomic mass is 127. The zero-order valence-corrected chi connectivity index (χ0v) is 12.7. The summed E-state index contributed by atoms with van der Waals surface area (Å²) in [5, 5.41) is 1.45. The average molecular weight is 432 g/mol. The second kappa shape index (κ2) is 6.23. The van der Waals surface area contributed by atoms with Crippen molar-refractivity contribution in [2.24, 2.45) is 0 Å². The van der Waals surface area contributed by atoms with Crippen LogP contribution in [0, 0.1) is 3.57 Å². The Balaban J connectivity index is 3.01.